The Morgan fingerprint density at radius 3 is 2.30 bits per heavy atom. The first-order valence-corrected chi connectivity index (χ1v) is 10.3. The Kier molecular flexibility index (Phi) is 8.32. The summed E-state index contributed by atoms with van der Waals surface area (Å²) in [5.74, 6) is 2.25. The first-order valence-electron chi connectivity index (χ1n) is 10.3. The van der Waals surface area contributed by atoms with E-state index in [0.29, 0.717) is 30.2 Å². The molecular formula is C26H25N3O4. The van der Waals surface area contributed by atoms with Crippen molar-refractivity contribution in [2.45, 2.75) is 6.42 Å². The number of benzene rings is 3. The minimum absolute atomic E-state index is 0.0214. The number of methoxy groups -OCH3 is 2. The maximum atomic E-state index is 12.4. The lowest BCUT2D eigenvalue weighted by Gasteiger charge is -2.10. The molecule has 0 aliphatic heterocycles. The van der Waals surface area contributed by atoms with Crippen molar-refractivity contribution in [3.63, 3.8) is 0 Å². The van der Waals surface area contributed by atoms with Gasteiger partial charge in [-0.1, -0.05) is 24.3 Å². The third-order valence-electron chi connectivity index (χ3n) is 4.73. The molecule has 0 atom stereocenters. The summed E-state index contributed by atoms with van der Waals surface area (Å²) in [5, 5.41) is 15.1. The molecule has 0 aliphatic rings. The van der Waals surface area contributed by atoms with E-state index in [4.69, 9.17) is 14.2 Å². The monoisotopic (exact) mass is 443 g/mol. The van der Waals surface area contributed by atoms with Crippen LogP contribution in [0.5, 0.6) is 23.0 Å². The van der Waals surface area contributed by atoms with Crippen molar-refractivity contribution in [2.75, 3.05) is 26.1 Å². The van der Waals surface area contributed by atoms with Gasteiger partial charge in [0.2, 0.25) is 0 Å². The molecule has 1 amide bonds. The molecule has 0 spiro atoms. The van der Waals surface area contributed by atoms with E-state index in [1.807, 2.05) is 54.6 Å². The second-order valence-corrected chi connectivity index (χ2v) is 6.95. The lowest BCUT2D eigenvalue weighted by Crippen LogP contribution is -2.27. The molecule has 0 aromatic heterocycles. The molecule has 0 radical (unpaired) electrons. The summed E-state index contributed by atoms with van der Waals surface area (Å²) in [7, 11) is 3.15. The lowest BCUT2D eigenvalue weighted by molar-refractivity contribution is -0.117. The average Bonchev–Trinajstić information content (AvgIpc) is 2.86. The van der Waals surface area contributed by atoms with Gasteiger partial charge in [0, 0.05) is 18.4 Å². The van der Waals surface area contributed by atoms with Crippen molar-refractivity contribution < 1.29 is 19.0 Å². The Morgan fingerprint density at radius 2 is 1.64 bits per heavy atom. The normalized spacial score (nSPS) is 10.6. The highest BCUT2D eigenvalue weighted by molar-refractivity contribution is 5.97. The van der Waals surface area contributed by atoms with Crippen molar-refractivity contribution in [2.24, 2.45) is 0 Å². The number of ether oxygens (including phenoxy) is 3. The third-order valence-corrected chi connectivity index (χ3v) is 4.73. The number of rotatable bonds is 10. The Hall–Kier alpha value is -4.44. The molecule has 2 N–H and O–H groups in total. The Balaban J connectivity index is 1.51. The van der Waals surface area contributed by atoms with Crippen LogP contribution in [0.1, 0.15) is 5.56 Å². The Bertz CT molecular complexity index is 1140. The zero-order valence-electron chi connectivity index (χ0n) is 18.5. The van der Waals surface area contributed by atoms with Crippen LogP contribution in [-0.4, -0.2) is 26.7 Å². The van der Waals surface area contributed by atoms with Crippen LogP contribution in [0.4, 0.5) is 5.69 Å². The molecule has 3 rings (SSSR count). The van der Waals surface area contributed by atoms with Crippen molar-refractivity contribution in [1.82, 2.24) is 5.32 Å². The predicted octanol–water partition coefficient (Wildman–Crippen LogP) is 4.67. The fourth-order valence-electron chi connectivity index (χ4n) is 3.00. The van der Waals surface area contributed by atoms with Crippen molar-refractivity contribution in [1.29, 1.82) is 5.26 Å². The van der Waals surface area contributed by atoms with E-state index >= 15 is 0 Å². The van der Waals surface area contributed by atoms with E-state index < -0.39 is 5.91 Å². The molecule has 7 nitrogen and oxygen atoms in total. The van der Waals surface area contributed by atoms with Gasteiger partial charge in [0.25, 0.3) is 5.91 Å². The minimum Gasteiger partial charge on any atom is -0.493 e. The zero-order chi connectivity index (χ0) is 23.5. The highest BCUT2D eigenvalue weighted by atomic mass is 16.5. The molecule has 7 heteroatoms. The van der Waals surface area contributed by atoms with E-state index in [0.717, 1.165) is 17.0 Å². The van der Waals surface area contributed by atoms with Gasteiger partial charge in [0.05, 0.1) is 14.2 Å². The van der Waals surface area contributed by atoms with Gasteiger partial charge in [0.15, 0.2) is 11.5 Å². The number of nitriles is 1. The fraction of sp³-hybridized carbons (Fsp3) is 0.154. The number of hydrogen-bond donors (Lipinski definition) is 2. The summed E-state index contributed by atoms with van der Waals surface area (Å²) in [6, 6.07) is 24.2. The second kappa shape index (κ2) is 11.8. The summed E-state index contributed by atoms with van der Waals surface area (Å²) < 4.78 is 16.3. The van der Waals surface area contributed by atoms with E-state index in [2.05, 4.69) is 10.6 Å². The Morgan fingerprint density at radius 1 is 0.939 bits per heavy atom. The van der Waals surface area contributed by atoms with Crippen LogP contribution in [0.15, 0.2) is 84.6 Å². The molecule has 0 fully saturated rings. The SMILES string of the molecule is COc1ccc(CCNC(=O)/C(C#N)=C\Nc2ccc(Oc3ccccc3)cc2)cc1OC. The van der Waals surface area contributed by atoms with Gasteiger partial charge >= 0.3 is 0 Å². The van der Waals surface area contributed by atoms with Crippen LogP contribution in [-0.2, 0) is 11.2 Å². The molecular weight excluding hydrogens is 418 g/mol. The maximum absolute atomic E-state index is 12.4. The minimum atomic E-state index is -0.450. The van der Waals surface area contributed by atoms with Gasteiger partial charge in [-0.15, -0.1) is 0 Å². The second-order valence-electron chi connectivity index (χ2n) is 6.95. The van der Waals surface area contributed by atoms with Crippen molar-refractivity contribution in [3.05, 3.63) is 90.1 Å². The van der Waals surface area contributed by atoms with Crippen LogP contribution >= 0.6 is 0 Å². The standard InChI is InChI=1S/C26H25N3O4/c1-31-24-13-8-19(16-25(24)32-2)14-15-28-26(30)20(17-27)18-29-21-9-11-23(12-10-21)33-22-6-4-3-5-7-22/h3-13,16,18,29H,14-15H2,1-2H3,(H,28,30)/b20-18-. The van der Waals surface area contributed by atoms with Gasteiger partial charge in [-0.2, -0.15) is 5.26 Å². The number of carbonyl (C=O) groups is 1. The van der Waals surface area contributed by atoms with Crippen LogP contribution in [0.25, 0.3) is 0 Å². The first-order chi connectivity index (χ1) is 16.1. The smallest absolute Gasteiger partial charge is 0.263 e. The molecule has 0 aliphatic carbocycles. The Labute approximate surface area is 193 Å². The van der Waals surface area contributed by atoms with Gasteiger partial charge in [-0.05, 0) is 60.5 Å². The number of nitrogens with zero attached hydrogens (tertiary/aromatic N) is 1. The highest BCUT2D eigenvalue weighted by Crippen LogP contribution is 2.27. The fourth-order valence-corrected chi connectivity index (χ4v) is 3.00. The third kappa shape index (κ3) is 6.77. The highest BCUT2D eigenvalue weighted by Gasteiger charge is 2.09. The summed E-state index contributed by atoms with van der Waals surface area (Å²) in [4.78, 5) is 12.4. The van der Waals surface area contributed by atoms with E-state index in [1.165, 1.54) is 6.20 Å². The van der Waals surface area contributed by atoms with Crippen LogP contribution in [0.3, 0.4) is 0 Å². The van der Waals surface area contributed by atoms with E-state index in [-0.39, 0.29) is 5.57 Å². The number of hydrogen-bond acceptors (Lipinski definition) is 6. The molecule has 0 bridgehead atoms. The zero-order valence-corrected chi connectivity index (χ0v) is 18.5. The summed E-state index contributed by atoms with van der Waals surface area (Å²) in [6.45, 7) is 0.374. The summed E-state index contributed by atoms with van der Waals surface area (Å²) in [6.07, 6.45) is 1.97. The molecule has 0 saturated carbocycles. The topological polar surface area (TPSA) is 92.6 Å². The number of nitrogens with one attached hydrogen (secondary N) is 2. The molecule has 3 aromatic carbocycles. The van der Waals surface area contributed by atoms with Crippen LogP contribution < -0.4 is 24.8 Å². The molecule has 0 unspecified atom stereocenters. The summed E-state index contributed by atoms with van der Waals surface area (Å²) >= 11 is 0. The summed E-state index contributed by atoms with van der Waals surface area (Å²) in [5.41, 5.74) is 1.68. The van der Waals surface area contributed by atoms with Gasteiger partial charge in [-0.25, -0.2) is 0 Å². The van der Waals surface area contributed by atoms with Gasteiger partial charge < -0.3 is 24.8 Å². The molecule has 168 valence electrons. The molecule has 33 heavy (non-hydrogen) atoms. The van der Waals surface area contributed by atoms with E-state index in [9.17, 15) is 10.1 Å². The largest absolute Gasteiger partial charge is 0.493 e. The maximum Gasteiger partial charge on any atom is 0.263 e. The predicted molar refractivity (Wildman–Crippen MR) is 127 cm³/mol. The van der Waals surface area contributed by atoms with Crippen molar-refractivity contribution >= 4 is 11.6 Å². The van der Waals surface area contributed by atoms with Gasteiger partial charge in [-0.3, -0.25) is 4.79 Å². The van der Waals surface area contributed by atoms with Gasteiger partial charge in [0.1, 0.15) is 23.1 Å². The van der Waals surface area contributed by atoms with Crippen LogP contribution in [0, 0.1) is 11.3 Å². The quantitative estimate of drug-likeness (QED) is 0.349. The lowest BCUT2D eigenvalue weighted by atomic mass is 10.1. The molecule has 0 saturated heterocycles. The number of para-hydroxylation sites is 1. The van der Waals surface area contributed by atoms with E-state index in [1.54, 1.807) is 38.5 Å². The molecule has 3 aromatic rings. The number of anilines is 1. The van der Waals surface area contributed by atoms with Crippen molar-refractivity contribution in [3.8, 4) is 29.1 Å². The average molecular weight is 444 g/mol. The number of amides is 1. The molecule has 0 heterocycles. The van der Waals surface area contributed by atoms with Crippen LogP contribution in [0.2, 0.25) is 0 Å². The first kappa shape index (κ1) is 23.2. The number of carbonyl (C=O) groups excluding carboxylic acids is 1.